The highest BCUT2D eigenvalue weighted by atomic mass is 32.2. The molecule has 1 amide bonds. The van der Waals surface area contributed by atoms with Crippen LogP contribution in [-0.2, 0) is 28.0 Å². The number of amides is 1. The van der Waals surface area contributed by atoms with Crippen LogP contribution in [0, 0.1) is 6.92 Å². The molecule has 0 aliphatic carbocycles. The largest absolute Gasteiger partial charge is 0.352 e. The molecular formula is C23H31N3O3S. The highest BCUT2D eigenvalue weighted by Gasteiger charge is 2.34. The molecule has 0 aromatic heterocycles. The Morgan fingerprint density at radius 1 is 1.03 bits per heavy atom. The molecule has 1 N–H and O–H groups in total. The summed E-state index contributed by atoms with van der Waals surface area (Å²) in [7, 11) is -3.66. The minimum atomic E-state index is -3.66. The third-order valence-electron chi connectivity index (χ3n) is 5.35. The Labute approximate surface area is 180 Å². The van der Waals surface area contributed by atoms with Gasteiger partial charge in [0.25, 0.3) is 10.2 Å². The molecule has 0 spiro atoms. The van der Waals surface area contributed by atoms with Gasteiger partial charge in [-0.1, -0.05) is 60.2 Å². The van der Waals surface area contributed by atoms with E-state index in [1.54, 1.807) is 0 Å². The normalized spacial score (nSPS) is 18.1. The highest BCUT2D eigenvalue weighted by molar-refractivity contribution is 7.86. The Hall–Kier alpha value is -2.22. The average Bonchev–Trinajstić information content (AvgIpc) is 2.70. The third-order valence-corrected chi connectivity index (χ3v) is 7.27. The van der Waals surface area contributed by atoms with E-state index in [0.29, 0.717) is 26.1 Å². The quantitative estimate of drug-likeness (QED) is 0.702. The van der Waals surface area contributed by atoms with Gasteiger partial charge in [0.2, 0.25) is 5.91 Å². The Bertz CT molecular complexity index is 947. The van der Waals surface area contributed by atoms with Gasteiger partial charge in [-0.05, 0) is 44.2 Å². The average molecular weight is 430 g/mol. The van der Waals surface area contributed by atoms with E-state index in [1.165, 1.54) is 14.2 Å². The summed E-state index contributed by atoms with van der Waals surface area (Å²) in [6, 6.07) is 18.0. The van der Waals surface area contributed by atoms with Crippen LogP contribution in [0.15, 0.2) is 54.6 Å². The molecule has 0 bridgehead atoms. The fraction of sp³-hybridized carbons (Fsp3) is 0.435. The van der Waals surface area contributed by atoms with E-state index in [9.17, 15) is 13.2 Å². The number of benzene rings is 2. The van der Waals surface area contributed by atoms with Crippen molar-refractivity contribution in [1.29, 1.82) is 0 Å². The summed E-state index contributed by atoms with van der Waals surface area (Å²) in [5.41, 5.74) is 3.28. The monoisotopic (exact) mass is 429 g/mol. The standard InChI is InChI=1S/C23H31N3O3S/c1-19-8-6-11-22(16-19)17-25-14-7-15-26(30(25,28)29)18-23(27)24-20(2)12-13-21-9-4-3-5-10-21/h3-6,8-11,16,20H,7,12-15,17-18H2,1-2H3,(H,24,27)/t20-/m0/s1. The molecule has 2 aromatic carbocycles. The molecule has 2 aromatic rings. The first-order valence-corrected chi connectivity index (χ1v) is 11.9. The molecule has 3 rings (SSSR count). The van der Waals surface area contributed by atoms with Gasteiger partial charge in [0.15, 0.2) is 0 Å². The van der Waals surface area contributed by atoms with Crippen LogP contribution in [0.2, 0.25) is 0 Å². The van der Waals surface area contributed by atoms with Crippen molar-refractivity contribution in [2.45, 2.75) is 45.7 Å². The van der Waals surface area contributed by atoms with Crippen molar-refractivity contribution in [2.24, 2.45) is 0 Å². The number of nitrogens with zero attached hydrogens (tertiary/aromatic N) is 2. The SMILES string of the molecule is Cc1cccc(CN2CCCN(CC(=O)N[C@@H](C)CCc3ccccc3)S2(=O)=O)c1. The van der Waals surface area contributed by atoms with Crippen molar-refractivity contribution in [3.05, 3.63) is 71.3 Å². The summed E-state index contributed by atoms with van der Waals surface area (Å²) < 4.78 is 28.8. The maximum atomic E-state index is 13.0. The number of carbonyl (C=O) groups excluding carboxylic acids is 1. The number of nitrogens with one attached hydrogen (secondary N) is 1. The van der Waals surface area contributed by atoms with Crippen LogP contribution in [0.25, 0.3) is 0 Å². The van der Waals surface area contributed by atoms with Gasteiger partial charge < -0.3 is 5.32 Å². The van der Waals surface area contributed by atoms with E-state index in [4.69, 9.17) is 0 Å². The number of carbonyl (C=O) groups is 1. The second-order valence-electron chi connectivity index (χ2n) is 8.01. The van der Waals surface area contributed by atoms with Gasteiger partial charge in [-0.25, -0.2) is 0 Å². The predicted octanol–water partition coefficient (Wildman–Crippen LogP) is 2.89. The summed E-state index contributed by atoms with van der Waals surface area (Å²) in [6.07, 6.45) is 2.39. The molecule has 7 heteroatoms. The van der Waals surface area contributed by atoms with Gasteiger partial charge in [0.05, 0.1) is 6.54 Å². The van der Waals surface area contributed by atoms with Crippen LogP contribution in [0.4, 0.5) is 0 Å². The van der Waals surface area contributed by atoms with Crippen molar-refractivity contribution >= 4 is 16.1 Å². The number of hydrogen-bond acceptors (Lipinski definition) is 3. The fourth-order valence-electron chi connectivity index (χ4n) is 3.73. The molecule has 1 saturated heterocycles. The summed E-state index contributed by atoms with van der Waals surface area (Å²) in [6.45, 7) is 4.98. The molecule has 1 aliphatic heterocycles. The molecule has 0 unspecified atom stereocenters. The number of hydrogen-bond donors (Lipinski definition) is 1. The van der Waals surface area contributed by atoms with Crippen molar-refractivity contribution in [3.63, 3.8) is 0 Å². The summed E-state index contributed by atoms with van der Waals surface area (Å²) in [5, 5.41) is 2.94. The van der Waals surface area contributed by atoms with Crippen LogP contribution in [-0.4, -0.2) is 48.6 Å². The Balaban J connectivity index is 1.53. The highest BCUT2D eigenvalue weighted by Crippen LogP contribution is 2.19. The van der Waals surface area contributed by atoms with Crippen LogP contribution in [0.5, 0.6) is 0 Å². The zero-order valence-corrected chi connectivity index (χ0v) is 18.6. The molecular weight excluding hydrogens is 398 g/mol. The molecule has 6 nitrogen and oxygen atoms in total. The smallest absolute Gasteiger partial charge is 0.282 e. The molecule has 162 valence electrons. The predicted molar refractivity (Wildman–Crippen MR) is 119 cm³/mol. The molecule has 1 aliphatic rings. The first-order chi connectivity index (χ1) is 14.3. The minimum Gasteiger partial charge on any atom is -0.352 e. The summed E-state index contributed by atoms with van der Waals surface area (Å²) in [4.78, 5) is 12.5. The van der Waals surface area contributed by atoms with Crippen molar-refractivity contribution < 1.29 is 13.2 Å². The maximum Gasteiger partial charge on any atom is 0.282 e. The number of aryl methyl sites for hydroxylation is 2. The van der Waals surface area contributed by atoms with Crippen LogP contribution >= 0.6 is 0 Å². The van der Waals surface area contributed by atoms with E-state index in [-0.39, 0.29) is 18.5 Å². The fourth-order valence-corrected chi connectivity index (χ4v) is 5.37. The van der Waals surface area contributed by atoms with Crippen LogP contribution in [0.3, 0.4) is 0 Å². The maximum absolute atomic E-state index is 13.0. The lowest BCUT2D eigenvalue weighted by atomic mass is 10.1. The first kappa shape index (κ1) is 22.5. The second kappa shape index (κ2) is 10.2. The topological polar surface area (TPSA) is 69.7 Å². The van der Waals surface area contributed by atoms with Crippen molar-refractivity contribution in [3.8, 4) is 0 Å². The van der Waals surface area contributed by atoms with Crippen molar-refractivity contribution in [2.75, 3.05) is 19.6 Å². The molecule has 1 fully saturated rings. The molecule has 0 saturated carbocycles. The molecule has 1 heterocycles. The van der Waals surface area contributed by atoms with Gasteiger partial charge in [-0.3, -0.25) is 4.79 Å². The third kappa shape index (κ3) is 6.14. The van der Waals surface area contributed by atoms with E-state index < -0.39 is 10.2 Å². The summed E-state index contributed by atoms with van der Waals surface area (Å²) >= 11 is 0. The van der Waals surface area contributed by atoms with E-state index in [2.05, 4.69) is 17.4 Å². The lowest BCUT2D eigenvalue weighted by Gasteiger charge is -2.34. The second-order valence-corrected chi connectivity index (χ2v) is 9.94. The molecule has 0 radical (unpaired) electrons. The Morgan fingerprint density at radius 3 is 2.47 bits per heavy atom. The van der Waals surface area contributed by atoms with Gasteiger partial charge in [0.1, 0.15) is 0 Å². The zero-order chi connectivity index (χ0) is 21.6. The van der Waals surface area contributed by atoms with Crippen LogP contribution in [0.1, 0.15) is 36.5 Å². The van der Waals surface area contributed by atoms with E-state index >= 15 is 0 Å². The lowest BCUT2D eigenvalue weighted by molar-refractivity contribution is -0.122. The molecule has 30 heavy (non-hydrogen) atoms. The van der Waals surface area contributed by atoms with E-state index in [1.807, 2.05) is 56.3 Å². The minimum absolute atomic E-state index is 0.0198. The first-order valence-electron chi connectivity index (χ1n) is 10.5. The van der Waals surface area contributed by atoms with Crippen LogP contribution < -0.4 is 5.32 Å². The Morgan fingerprint density at radius 2 is 1.73 bits per heavy atom. The van der Waals surface area contributed by atoms with Gasteiger partial charge >= 0.3 is 0 Å². The zero-order valence-electron chi connectivity index (χ0n) is 17.8. The Kier molecular flexibility index (Phi) is 7.64. The lowest BCUT2D eigenvalue weighted by Crippen LogP contribution is -2.52. The van der Waals surface area contributed by atoms with Gasteiger partial charge in [0, 0.05) is 25.7 Å². The van der Waals surface area contributed by atoms with Gasteiger partial charge in [-0.15, -0.1) is 0 Å². The summed E-state index contributed by atoms with van der Waals surface area (Å²) in [5.74, 6) is -0.253. The number of rotatable bonds is 8. The van der Waals surface area contributed by atoms with E-state index in [0.717, 1.165) is 24.0 Å². The van der Waals surface area contributed by atoms with Crippen molar-refractivity contribution in [1.82, 2.24) is 13.9 Å². The van der Waals surface area contributed by atoms with Gasteiger partial charge in [-0.2, -0.15) is 17.0 Å². The molecule has 1 atom stereocenters.